The molecule has 3 nitrogen and oxygen atoms in total. The molecular formula is C9H9BrFNO2. The number of ether oxygens (including phenoxy) is 1. The molecule has 0 atom stereocenters. The third kappa shape index (κ3) is 1.83. The van der Waals surface area contributed by atoms with E-state index in [2.05, 4.69) is 21.2 Å². The average Bonchev–Trinajstić information content (AvgIpc) is 2.05. The molecule has 14 heavy (non-hydrogen) atoms. The Bertz CT molecular complexity index is 355. The lowest BCUT2D eigenvalue weighted by atomic mass is 10.2. The predicted molar refractivity (Wildman–Crippen MR) is 53.1 cm³/mol. The Morgan fingerprint density at radius 1 is 1.50 bits per heavy atom. The summed E-state index contributed by atoms with van der Waals surface area (Å²) in [6, 6.07) is 2.75. The Kier molecular flexibility index (Phi) is 2.60. The van der Waals surface area contributed by atoms with E-state index in [0.29, 0.717) is 4.47 Å². The molecule has 0 radical (unpaired) electrons. The Morgan fingerprint density at radius 3 is 2.79 bits per heavy atom. The molecule has 1 aliphatic heterocycles. The van der Waals surface area contributed by atoms with Crippen LogP contribution in [0.1, 0.15) is 0 Å². The third-order valence-electron chi connectivity index (χ3n) is 2.03. The maximum Gasteiger partial charge on any atom is 0.194 e. The van der Waals surface area contributed by atoms with Crippen molar-refractivity contribution in [2.45, 2.75) is 6.10 Å². The van der Waals surface area contributed by atoms with E-state index in [9.17, 15) is 9.50 Å². The van der Waals surface area contributed by atoms with Gasteiger partial charge in [-0.05, 0) is 12.1 Å². The highest BCUT2D eigenvalue weighted by atomic mass is 79.9. The molecule has 0 amide bonds. The van der Waals surface area contributed by atoms with Gasteiger partial charge in [0.15, 0.2) is 17.3 Å². The average molecular weight is 262 g/mol. The summed E-state index contributed by atoms with van der Waals surface area (Å²) in [5, 5.41) is 12.4. The molecule has 1 aliphatic rings. The van der Waals surface area contributed by atoms with Crippen LogP contribution >= 0.6 is 15.9 Å². The standard InChI is InChI=1S/C9H9BrFNO2/c10-5-1-7(11)9(13)8(2-5)14-6-3-12-4-6/h1-2,6,12-13H,3-4H2. The van der Waals surface area contributed by atoms with Crippen molar-refractivity contribution in [3.8, 4) is 11.5 Å². The first-order valence-corrected chi connectivity index (χ1v) is 5.01. The summed E-state index contributed by atoms with van der Waals surface area (Å²) in [5.74, 6) is -0.926. The lowest BCUT2D eigenvalue weighted by molar-refractivity contribution is 0.136. The minimum Gasteiger partial charge on any atom is -0.502 e. The van der Waals surface area contributed by atoms with Gasteiger partial charge in [0.1, 0.15) is 6.10 Å². The molecule has 1 saturated heterocycles. The van der Waals surface area contributed by atoms with Gasteiger partial charge in [-0.2, -0.15) is 0 Å². The molecule has 5 heteroatoms. The number of nitrogens with one attached hydrogen (secondary N) is 1. The summed E-state index contributed by atoms with van der Waals surface area (Å²) < 4.78 is 18.9. The Labute approximate surface area is 89.0 Å². The zero-order valence-electron chi connectivity index (χ0n) is 7.26. The molecule has 2 rings (SSSR count). The highest BCUT2D eigenvalue weighted by molar-refractivity contribution is 9.10. The number of aromatic hydroxyl groups is 1. The molecule has 0 bridgehead atoms. The van der Waals surface area contributed by atoms with Crippen LogP contribution in [-0.2, 0) is 0 Å². The fraction of sp³-hybridized carbons (Fsp3) is 0.333. The van der Waals surface area contributed by atoms with Crippen molar-refractivity contribution in [1.29, 1.82) is 0 Å². The number of benzene rings is 1. The van der Waals surface area contributed by atoms with E-state index < -0.39 is 11.6 Å². The molecule has 76 valence electrons. The monoisotopic (exact) mass is 261 g/mol. The van der Waals surface area contributed by atoms with Crippen molar-refractivity contribution in [3.05, 3.63) is 22.4 Å². The van der Waals surface area contributed by atoms with Crippen molar-refractivity contribution in [3.63, 3.8) is 0 Å². The zero-order chi connectivity index (χ0) is 10.1. The molecule has 0 aromatic heterocycles. The van der Waals surface area contributed by atoms with Crippen LogP contribution in [0, 0.1) is 5.82 Å². The van der Waals surface area contributed by atoms with Gasteiger partial charge in [-0.3, -0.25) is 0 Å². The minimum absolute atomic E-state index is 0.0228. The number of phenolic OH excluding ortho intramolecular Hbond substituents is 1. The highest BCUT2D eigenvalue weighted by Crippen LogP contribution is 2.33. The quantitative estimate of drug-likeness (QED) is 0.851. The number of hydrogen-bond acceptors (Lipinski definition) is 3. The third-order valence-corrected chi connectivity index (χ3v) is 2.49. The van der Waals surface area contributed by atoms with Crippen molar-refractivity contribution < 1.29 is 14.2 Å². The summed E-state index contributed by atoms with van der Waals surface area (Å²) in [5.41, 5.74) is 0. The van der Waals surface area contributed by atoms with Crippen LogP contribution in [0.4, 0.5) is 4.39 Å². The summed E-state index contributed by atoms with van der Waals surface area (Å²) >= 11 is 3.13. The van der Waals surface area contributed by atoms with Gasteiger partial charge in [-0.25, -0.2) is 4.39 Å². The van der Waals surface area contributed by atoms with Crippen molar-refractivity contribution in [2.24, 2.45) is 0 Å². The van der Waals surface area contributed by atoms with Gasteiger partial charge in [0.2, 0.25) is 0 Å². The van der Waals surface area contributed by atoms with E-state index in [4.69, 9.17) is 4.74 Å². The second-order valence-electron chi connectivity index (χ2n) is 3.13. The fourth-order valence-electron chi connectivity index (χ4n) is 1.16. The van der Waals surface area contributed by atoms with Gasteiger partial charge >= 0.3 is 0 Å². The van der Waals surface area contributed by atoms with Gasteiger partial charge in [0.25, 0.3) is 0 Å². The highest BCUT2D eigenvalue weighted by Gasteiger charge is 2.21. The normalized spacial score (nSPS) is 16.4. The molecular weight excluding hydrogens is 253 g/mol. The largest absolute Gasteiger partial charge is 0.502 e. The first kappa shape index (κ1) is 9.73. The second-order valence-corrected chi connectivity index (χ2v) is 4.05. The number of hydrogen-bond donors (Lipinski definition) is 2. The molecule has 1 fully saturated rings. The smallest absolute Gasteiger partial charge is 0.194 e. The summed E-state index contributed by atoms with van der Waals surface area (Å²) in [4.78, 5) is 0. The molecule has 0 unspecified atom stereocenters. The van der Waals surface area contributed by atoms with Crippen molar-refractivity contribution in [1.82, 2.24) is 5.32 Å². The van der Waals surface area contributed by atoms with E-state index in [1.807, 2.05) is 0 Å². The van der Waals surface area contributed by atoms with Gasteiger partial charge in [0.05, 0.1) is 0 Å². The van der Waals surface area contributed by atoms with Crippen LogP contribution in [0.15, 0.2) is 16.6 Å². The first-order valence-electron chi connectivity index (χ1n) is 4.22. The maximum absolute atomic E-state index is 13.0. The van der Waals surface area contributed by atoms with Crippen LogP contribution in [0.5, 0.6) is 11.5 Å². The fourth-order valence-corrected chi connectivity index (χ4v) is 1.57. The summed E-state index contributed by atoms with van der Waals surface area (Å²) in [7, 11) is 0. The molecule has 0 saturated carbocycles. The molecule has 1 aromatic carbocycles. The predicted octanol–water partition coefficient (Wildman–Crippen LogP) is 1.64. The Hall–Kier alpha value is -0.810. The van der Waals surface area contributed by atoms with Crippen LogP contribution in [0.2, 0.25) is 0 Å². The number of rotatable bonds is 2. The van der Waals surface area contributed by atoms with Crippen LogP contribution in [0.3, 0.4) is 0 Å². The van der Waals surface area contributed by atoms with E-state index in [0.717, 1.165) is 13.1 Å². The lowest BCUT2D eigenvalue weighted by Gasteiger charge is -2.28. The van der Waals surface area contributed by atoms with Crippen LogP contribution in [-0.4, -0.2) is 24.3 Å². The van der Waals surface area contributed by atoms with Gasteiger partial charge < -0.3 is 15.2 Å². The topological polar surface area (TPSA) is 41.5 Å². The molecule has 2 N–H and O–H groups in total. The van der Waals surface area contributed by atoms with Crippen LogP contribution in [0.25, 0.3) is 0 Å². The van der Waals surface area contributed by atoms with Crippen molar-refractivity contribution in [2.75, 3.05) is 13.1 Å². The number of halogens is 2. The molecule has 1 heterocycles. The summed E-state index contributed by atoms with van der Waals surface area (Å²) in [6.07, 6.45) is 0.0228. The zero-order valence-corrected chi connectivity index (χ0v) is 8.84. The Balaban J connectivity index is 2.22. The van der Waals surface area contributed by atoms with Gasteiger partial charge in [0, 0.05) is 17.6 Å². The van der Waals surface area contributed by atoms with E-state index in [1.54, 1.807) is 6.07 Å². The van der Waals surface area contributed by atoms with Crippen molar-refractivity contribution >= 4 is 15.9 Å². The van der Waals surface area contributed by atoms with E-state index in [-0.39, 0.29) is 11.9 Å². The SMILES string of the molecule is Oc1c(F)cc(Br)cc1OC1CNC1. The first-order chi connectivity index (χ1) is 6.66. The van der Waals surface area contributed by atoms with E-state index in [1.165, 1.54) is 6.07 Å². The lowest BCUT2D eigenvalue weighted by Crippen LogP contribution is -2.50. The minimum atomic E-state index is -0.679. The van der Waals surface area contributed by atoms with Gasteiger partial charge in [-0.1, -0.05) is 15.9 Å². The Morgan fingerprint density at radius 2 is 2.21 bits per heavy atom. The molecule has 0 aliphatic carbocycles. The molecule has 0 spiro atoms. The van der Waals surface area contributed by atoms with E-state index >= 15 is 0 Å². The maximum atomic E-state index is 13.0. The summed E-state index contributed by atoms with van der Waals surface area (Å²) in [6.45, 7) is 1.46. The number of phenols is 1. The van der Waals surface area contributed by atoms with Crippen LogP contribution < -0.4 is 10.1 Å². The molecule has 1 aromatic rings. The van der Waals surface area contributed by atoms with Gasteiger partial charge in [-0.15, -0.1) is 0 Å². The second kappa shape index (κ2) is 3.74.